The molecule has 0 heterocycles. The van der Waals surface area contributed by atoms with Crippen molar-refractivity contribution in [2.75, 3.05) is 13.7 Å². The van der Waals surface area contributed by atoms with Gasteiger partial charge in [0.25, 0.3) is 0 Å². The fraction of sp³-hybridized carbons (Fsp3) is 0.933. The highest BCUT2D eigenvalue weighted by atomic mass is 16.6. The van der Waals surface area contributed by atoms with Gasteiger partial charge in [-0.05, 0) is 44.4 Å². The van der Waals surface area contributed by atoms with Gasteiger partial charge in [0.15, 0.2) is 0 Å². The molecule has 2 atom stereocenters. The number of hydrogen-bond donors (Lipinski definition) is 1. The van der Waals surface area contributed by atoms with E-state index in [9.17, 15) is 20.0 Å². The van der Waals surface area contributed by atoms with Crippen molar-refractivity contribution in [2.45, 2.75) is 57.0 Å². The third-order valence-corrected chi connectivity index (χ3v) is 5.37. The summed E-state index contributed by atoms with van der Waals surface area (Å²) in [5.74, 6) is -0.581. The molecule has 2 aliphatic rings. The molecule has 1 N–H and O–H groups in total. The fourth-order valence-corrected chi connectivity index (χ4v) is 4.19. The zero-order valence-corrected chi connectivity index (χ0v) is 12.6. The molecule has 21 heavy (non-hydrogen) atoms. The van der Waals surface area contributed by atoms with Gasteiger partial charge in [-0.1, -0.05) is 12.8 Å². The average molecular weight is 299 g/mol. The van der Waals surface area contributed by atoms with Crippen molar-refractivity contribution >= 4 is 5.97 Å². The highest BCUT2D eigenvalue weighted by Crippen LogP contribution is 2.46. The van der Waals surface area contributed by atoms with E-state index in [0.29, 0.717) is 12.8 Å². The number of nitro groups is 1. The Labute approximate surface area is 125 Å². The van der Waals surface area contributed by atoms with E-state index in [1.807, 2.05) is 0 Å². The minimum Gasteiger partial charge on any atom is -0.469 e. The fourth-order valence-electron chi connectivity index (χ4n) is 4.19. The van der Waals surface area contributed by atoms with Gasteiger partial charge < -0.3 is 9.84 Å². The van der Waals surface area contributed by atoms with Crippen molar-refractivity contribution in [3.05, 3.63) is 10.1 Å². The Morgan fingerprint density at radius 2 is 1.95 bits per heavy atom. The standard InChI is InChI=1S/C15H25NO5/c1-21-14(17)13-4-2-3-9-15(13,18)12-7-5-11(6-8-12)10-16(19)20/h11-13,18H,2-10H2,1H3. The van der Waals surface area contributed by atoms with Crippen LogP contribution in [0.15, 0.2) is 0 Å². The maximum absolute atomic E-state index is 12.0. The van der Waals surface area contributed by atoms with Crippen LogP contribution in [0.1, 0.15) is 51.4 Å². The molecular weight excluding hydrogens is 274 g/mol. The maximum Gasteiger partial charge on any atom is 0.311 e. The molecule has 0 bridgehead atoms. The molecule has 120 valence electrons. The smallest absolute Gasteiger partial charge is 0.311 e. The van der Waals surface area contributed by atoms with Crippen LogP contribution in [0.2, 0.25) is 0 Å². The Kier molecular flexibility index (Phi) is 5.19. The molecular formula is C15H25NO5. The van der Waals surface area contributed by atoms with Gasteiger partial charge in [0.1, 0.15) is 0 Å². The van der Waals surface area contributed by atoms with Crippen LogP contribution in [0, 0.1) is 27.9 Å². The number of methoxy groups -OCH3 is 1. The molecule has 2 fully saturated rings. The molecule has 0 radical (unpaired) electrons. The van der Waals surface area contributed by atoms with Crippen LogP contribution in [0.3, 0.4) is 0 Å². The van der Waals surface area contributed by atoms with Crippen LogP contribution in [0.4, 0.5) is 0 Å². The molecule has 0 aliphatic heterocycles. The van der Waals surface area contributed by atoms with Gasteiger partial charge in [0.05, 0.1) is 18.6 Å². The van der Waals surface area contributed by atoms with Crippen LogP contribution in [-0.2, 0) is 9.53 Å². The quantitative estimate of drug-likeness (QED) is 0.488. The zero-order chi connectivity index (χ0) is 15.5. The number of nitrogens with zero attached hydrogens (tertiary/aromatic N) is 1. The number of rotatable bonds is 4. The Hall–Kier alpha value is -1.17. The summed E-state index contributed by atoms with van der Waals surface area (Å²) in [7, 11) is 1.37. The highest BCUT2D eigenvalue weighted by Gasteiger charge is 2.49. The average Bonchev–Trinajstić information content (AvgIpc) is 2.47. The van der Waals surface area contributed by atoms with Crippen LogP contribution in [0.25, 0.3) is 0 Å². The monoisotopic (exact) mass is 299 g/mol. The predicted molar refractivity (Wildman–Crippen MR) is 76.2 cm³/mol. The van der Waals surface area contributed by atoms with E-state index in [4.69, 9.17) is 4.74 Å². The van der Waals surface area contributed by atoms with Gasteiger partial charge in [0.2, 0.25) is 6.54 Å². The first kappa shape index (κ1) is 16.2. The molecule has 2 saturated carbocycles. The van der Waals surface area contributed by atoms with Gasteiger partial charge in [-0.2, -0.15) is 0 Å². The topological polar surface area (TPSA) is 89.7 Å². The minimum atomic E-state index is -0.981. The van der Waals surface area contributed by atoms with Gasteiger partial charge in [-0.3, -0.25) is 14.9 Å². The normalized spacial score (nSPS) is 37.0. The van der Waals surface area contributed by atoms with E-state index >= 15 is 0 Å². The molecule has 2 unspecified atom stereocenters. The SMILES string of the molecule is COC(=O)C1CCCCC1(O)C1CCC(C[N+](=O)[O-])CC1. The van der Waals surface area contributed by atoms with E-state index in [1.165, 1.54) is 7.11 Å². The first-order chi connectivity index (χ1) is 9.97. The second-order valence-electron chi connectivity index (χ2n) is 6.55. The lowest BCUT2D eigenvalue weighted by Gasteiger charge is -2.46. The Bertz CT molecular complexity index is 392. The lowest BCUT2D eigenvalue weighted by Crippen LogP contribution is -2.51. The highest BCUT2D eigenvalue weighted by molar-refractivity contribution is 5.74. The number of esters is 1. The van der Waals surface area contributed by atoms with Crippen molar-refractivity contribution in [2.24, 2.45) is 17.8 Å². The van der Waals surface area contributed by atoms with Crippen molar-refractivity contribution in [1.82, 2.24) is 0 Å². The van der Waals surface area contributed by atoms with Gasteiger partial charge in [-0.15, -0.1) is 0 Å². The minimum absolute atomic E-state index is 0.0194. The summed E-state index contributed by atoms with van der Waals surface area (Å²) in [6.07, 6.45) is 6.25. The van der Waals surface area contributed by atoms with Crippen LogP contribution in [-0.4, -0.2) is 35.3 Å². The van der Waals surface area contributed by atoms with Gasteiger partial charge in [-0.25, -0.2) is 0 Å². The van der Waals surface area contributed by atoms with Gasteiger partial charge >= 0.3 is 5.97 Å². The Morgan fingerprint density at radius 3 is 2.52 bits per heavy atom. The molecule has 0 spiro atoms. The van der Waals surface area contributed by atoms with Crippen LogP contribution in [0.5, 0.6) is 0 Å². The summed E-state index contributed by atoms with van der Waals surface area (Å²) in [5.41, 5.74) is -0.981. The summed E-state index contributed by atoms with van der Waals surface area (Å²) in [6.45, 7) is 0.0194. The van der Waals surface area contributed by atoms with Gasteiger partial charge in [0, 0.05) is 10.8 Å². The number of ether oxygens (including phenoxy) is 1. The molecule has 2 rings (SSSR count). The van der Waals surface area contributed by atoms with Crippen LogP contribution < -0.4 is 0 Å². The van der Waals surface area contributed by atoms with E-state index in [-0.39, 0.29) is 29.3 Å². The number of hydrogen-bond acceptors (Lipinski definition) is 5. The van der Waals surface area contributed by atoms with E-state index < -0.39 is 11.5 Å². The Morgan fingerprint density at radius 1 is 1.29 bits per heavy atom. The second kappa shape index (κ2) is 6.73. The summed E-state index contributed by atoms with van der Waals surface area (Å²) >= 11 is 0. The van der Waals surface area contributed by atoms with Crippen molar-refractivity contribution in [1.29, 1.82) is 0 Å². The van der Waals surface area contributed by atoms with Crippen molar-refractivity contribution < 1.29 is 19.6 Å². The molecule has 6 nitrogen and oxygen atoms in total. The summed E-state index contributed by atoms with van der Waals surface area (Å²) in [6, 6.07) is 0. The first-order valence-corrected chi connectivity index (χ1v) is 7.89. The number of aliphatic hydroxyl groups is 1. The number of carbonyl (C=O) groups is 1. The van der Waals surface area contributed by atoms with Crippen LogP contribution >= 0.6 is 0 Å². The lowest BCUT2D eigenvalue weighted by atomic mass is 9.63. The molecule has 0 aromatic rings. The van der Waals surface area contributed by atoms with E-state index in [2.05, 4.69) is 0 Å². The zero-order valence-electron chi connectivity index (χ0n) is 12.6. The van der Waals surface area contributed by atoms with E-state index in [1.54, 1.807) is 0 Å². The van der Waals surface area contributed by atoms with E-state index in [0.717, 1.165) is 38.5 Å². The Balaban J connectivity index is 2.01. The number of carbonyl (C=O) groups excluding carboxylic acids is 1. The third-order valence-electron chi connectivity index (χ3n) is 5.37. The molecule has 2 aliphatic carbocycles. The van der Waals surface area contributed by atoms with Crippen molar-refractivity contribution in [3.63, 3.8) is 0 Å². The summed E-state index contributed by atoms with van der Waals surface area (Å²) < 4.78 is 4.86. The molecule has 0 aromatic carbocycles. The predicted octanol–water partition coefficient (Wildman–Crippen LogP) is 2.16. The second-order valence-corrected chi connectivity index (χ2v) is 6.55. The molecule has 6 heteroatoms. The first-order valence-electron chi connectivity index (χ1n) is 7.89. The molecule has 0 amide bonds. The molecule has 0 saturated heterocycles. The lowest BCUT2D eigenvalue weighted by molar-refractivity contribution is -0.489. The molecule has 0 aromatic heterocycles. The third kappa shape index (κ3) is 3.54. The van der Waals surface area contributed by atoms with Crippen molar-refractivity contribution in [3.8, 4) is 0 Å². The summed E-state index contributed by atoms with van der Waals surface area (Å²) in [5, 5.41) is 21.7. The largest absolute Gasteiger partial charge is 0.469 e. The maximum atomic E-state index is 12.0. The summed E-state index contributed by atoms with van der Waals surface area (Å²) in [4.78, 5) is 22.3.